The van der Waals surface area contributed by atoms with Crippen LogP contribution in [-0.2, 0) is 32.7 Å². The van der Waals surface area contributed by atoms with Gasteiger partial charge in [0.05, 0.1) is 23.7 Å². The topological polar surface area (TPSA) is 96.0 Å². The van der Waals surface area contributed by atoms with Crippen LogP contribution in [0.2, 0.25) is 0 Å². The van der Waals surface area contributed by atoms with Crippen molar-refractivity contribution in [3.8, 4) is 5.75 Å². The van der Waals surface area contributed by atoms with Gasteiger partial charge in [-0.2, -0.15) is 4.31 Å². The third-order valence-electron chi connectivity index (χ3n) is 6.92. The molecule has 1 N–H and O–H groups in total. The summed E-state index contributed by atoms with van der Waals surface area (Å²) in [7, 11) is -4.05. The van der Waals surface area contributed by atoms with Crippen molar-refractivity contribution in [1.82, 2.24) is 9.62 Å². The van der Waals surface area contributed by atoms with E-state index in [1.165, 1.54) is 21.3 Å². The molecular weight excluding hydrogens is 618 g/mol. The van der Waals surface area contributed by atoms with Gasteiger partial charge >= 0.3 is 0 Å². The number of carbonyl (C=O) groups is 2. The number of hydrogen-bond acceptors (Lipinski definition) is 5. The number of ether oxygens (including phenoxy) is 1. The average molecular weight is 649 g/mol. The molecule has 2 amide bonds. The summed E-state index contributed by atoms with van der Waals surface area (Å²) < 4.78 is 35.5. The second kappa shape index (κ2) is 12.9. The number of nitrogens with zero attached hydrogens (tertiary/aromatic N) is 2. The first-order valence-electron chi connectivity index (χ1n) is 13.4. The summed E-state index contributed by atoms with van der Waals surface area (Å²) in [5.74, 6) is -0.470. The zero-order valence-corrected chi connectivity index (χ0v) is 25.3. The molecule has 1 aliphatic rings. The Kier molecular flexibility index (Phi) is 9.06. The van der Waals surface area contributed by atoms with Gasteiger partial charge in [0.25, 0.3) is 5.91 Å². The monoisotopic (exact) mass is 647 g/mol. The lowest BCUT2D eigenvalue weighted by molar-refractivity contribution is -0.128. The fraction of sp³-hybridized carbons (Fsp3) is 0.188. The maximum Gasteiger partial charge on any atom is 0.263 e. The molecule has 1 atom stereocenters. The minimum atomic E-state index is -4.05. The summed E-state index contributed by atoms with van der Waals surface area (Å²) in [6.45, 7) is 1.76. The van der Waals surface area contributed by atoms with E-state index in [2.05, 4.69) is 21.2 Å². The first-order valence-corrected chi connectivity index (χ1v) is 15.6. The first kappa shape index (κ1) is 29.5. The van der Waals surface area contributed by atoms with Gasteiger partial charge in [-0.3, -0.25) is 9.59 Å². The van der Waals surface area contributed by atoms with Crippen LogP contribution in [0.25, 0.3) is 0 Å². The van der Waals surface area contributed by atoms with Crippen LogP contribution in [0.4, 0.5) is 5.69 Å². The average Bonchev–Trinajstić information content (AvgIpc) is 3.00. The lowest BCUT2D eigenvalue weighted by Crippen LogP contribution is -2.52. The number of sulfonamides is 1. The van der Waals surface area contributed by atoms with Crippen molar-refractivity contribution in [3.63, 3.8) is 0 Å². The van der Waals surface area contributed by atoms with Crippen molar-refractivity contribution >= 4 is 43.5 Å². The van der Waals surface area contributed by atoms with E-state index >= 15 is 0 Å². The van der Waals surface area contributed by atoms with Crippen LogP contribution < -0.4 is 15.0 Å². The number of halogens is 1. The van der Waals surface area contributed by atoms with Crippen molar-refractivity contribution in [3.05, 3.63) is 124 Å². The second-order valence-electron chi connectivity index (χ2n) is 9.99. The van der Waals surface area contributed by atoms with Crippen LogP contribution in [-0.4, -0.2) is 43.7 Å². The van der Waals surface area contributed by atoms with E-state index in [1.807, 2.05) is 61.5 Å². The Hall–Kier alpha value is -3.99. The summed E-state index contributed by atoms with van der Waals surface area (Å²) in [6, 6.07) is 30.2. The molecule has 8 nitrogen and oxygen atoms in total. The van der Waals surface area contributed by atoms with E-state index in [0.717, 1.165) is 21.2 Å². The maximum absolute atomic E-state index is 13.9. The minimum absolute atomic E-state index is 0.00258. The molecule has 1 aliphatic heterocycles. The highest BCUT2D eigenvalue weighted by atomic mass is 79.9. The van der Waals surface area contributed by atoms with Gasteiger partial charge < -0.3 is 15.0 Å². The van der Waals surface area contributed by atoms with Gasteiger partial charge in [-0.05, 0) is 54.4 Å². The van der Waals surface area contributed by atoms with E-state index < -0.39 is 28.6 Å². The molecule has 0 aliphatic carbocycles. The minimum Gasteiger partial charge on any atom is -0.477 e. The fourth-order valence-electron chi connectivity index (χ4n) is 4.62. The van der Waals surface area contributed by atoms with Crippen LogP contribution in [0.5, 0.6) is 5.75 Å². The smallest absolute Gasteiger partial charge is 0.263 e. The summed E-state index contributed by atoms with van der Waals surface area (Å²) in [5.41, 5.74) is 3.19. The Balaban J connectivity index is 1.40. The molecule has 0 radical (unpaired) electrons. The highest BCUT2D eigenvalue weighted by molar-refractivity contribution is 9.10. The molecular formula is C32H30BrN3O5S. The molecule has 0 saturated carbocycles. The third kappa shape index (κ3) is 6.89. The zero-order chi connectivity index (χ0) is 29.7. The Morgan fingerprint density at radius 2 is 1.57 bits per heavy atom. The molecule has 1 unspecified atom stereocenters. The van der Waals surface area contributed by atoms with Crippen molar-refractivity contribution in [2.45, 2.75) is 31.0 Å². The van der Waals surface area contributed by atoms with E-state index in [0.29, 0.717) is 18.0 Å². The second-order valence-corrected chi connectivity index (χ2v) is 12.8. The van der Waals surface area contributed by atoms with Crippen LogP contribution in [0.1, 0.15) is 16.7 Å². The van der Waals surface area contributed by atoms with E-state index in [1.54, 1.807) is 36.4 Å². The lowest BCUT2D eigenvalue weighted by Gasteiger charge is -2.35. The third-order valence-corrected chi connectivity index (χ3v) is 9.25. The molecule has 0 saturated heterocycles. The molecule has 5 rings (SSSR count). The van der Waals surface area contributed by atoms with Gasteiger partial charge in [0.1, 0.15) is 5.75 Å². The molecule has 0 spiro atoms. The standard InChI is InChI=1S/C32H30BrN3O5S/c1-23-11-13-25(14-12-23)20-35(42(39,40)27-17-15-26(33)16-18-27)22-31(37)36-21-30(41-29-10-6-5-9-28(29)36)32(38)34-19-24-7-3-2-4-8-24/h2-18,30H,19-22H2,1H3,(H,34,38). The van der Waals surface area contributed by atoms with Gasteiger partial charge in [-0.1, -0.05) is 88.2 Å². The number of nitrogens with one attached hydrogen (secondary N) is 1. The molecule has 1 heterocycles. The largest absolute Gasteiger partial charge is 0.477 e. The van der Waals surface area contributed by atoms with Crippen LogP contribution in [0, 0.1) is 6.92 Å². The number of anilines is 1. The van der Waals surface area contributed by atoms with Gasteiger partial charge in [-0.25, -0.2) is 8.42 Å². The Morgan fingerprint density at radius 1 is 0.905 bits per heavy atom. The summed E-state index contributed by atoms with van der Waals surface area (Å²) in [4.78, 5) is 28.6. The van der Waals surface area contributed by atoms with Crippen molar-refractivity contribution < 1.29 is 22.7 Å². The van der Waals surface area contributed by atoms with E-state index in [4.69, 9.17) is 4.74 Å². The predicted molar refractivity (Wildman–Crippen MR) is 164 cm³/mol. The summed E-state index contributed by atoms with van der Waals surface area (Å²) in [5, 5.41) is 2.88. The molecule has 4 aromatic rings. The molecule has 216 valence electrons. The Labute approximate surface area is 254 Å². The molecule has 0 aromatic heterocycles. The normalized spacial score (nSPS) is 14.6. The number of para-hydroxylation sites is 2. The summed E-state index contributed by atoms with van der Waals surface area (Å²) >= 11 is 3.35. The lowest BCUT2D eigenvalue weighted by atomic mass is 10.1. The highest BCUT2D eigenvalue weighted by Gasteiger charge is 2.36. The number of rotatable bonds is 9. The number of hydrogen-bond donors (Lipinski definition) is 1. The fourth-order valence-corrected chi connectivity index (χ4v) is 6.26. The molecule has 4 aromatic carbocycles. The number of carbonyl (C=O) groups excluding carboxylic acids is 2. The Morgan fingerprint density at radius 3 is 2.29 bits per heavy atom. The SMILES string of the molecule is Cc1ccc(CN(CC(=O)N2CC(C(=O)NCc3ccccc3)Oc3ccccc32)S(=O)(=O)c2ccc(Br)cc2)cc1. The highest BCUT2D eigenvalue weighted by Crippen LogP contribution is 2.34. The van der Waals surface area contributed by atoms with E-state index in [9.17, 15) is 18.0 Å². The molecule has 42 heavy (non-hydrogen) atoms. The van der Waals surface area contributed by atoms with Crippen molar-refractivity contribution in [1.29, 1.82) is 0 Å². The quantitative estimate of drug-likeness (QED) is 0.274. The number of fused-ring (bicyclic) bond motifs is 1. The van der Waals surface area contributed by atoms with Crippen molar-refractivity contribution in [2.75, 3.05) is 18.0 Å². The summed E-state index contributed by atoms with van der Waals surface area (Å²) in [6.07, 6.45) is -0.971. The van der Waals surface area contributed by atoms with Crippen LogP contribution in [0.15, 0.2) is 112 Å². The molecule has 10 heteroatoms. The van der Waals surface area contributed by atoms with E-state index in [-0.39, 0.29) is 23.9 Å². The molecule has 0 fully saturated rings. The van der Waals surface area contributed by atoms with Gasteiger partial charge in [-0.15, -0.1) is 0 Å². The zero-order valence-electron chi connectivity index (χ0n) is 22.9. The first-order chi connectivity index (χ1) is 20.2. The van der Waals surface area contributed by atoms with Gasteiger partial charge in [0.15, 0.2) is 6.10 Å². The van der Waals surface area contributed by atoms with Crippen molar-refractivity contribution in [2.24, 2.45) is 0 Å². The van der Waals surface area contributed by atoms with Crippen LogP contribution in [0.3, 0.4) is 0 Å². The Bertz CT molecular complexity index is 1660. The molecule has 0 bridgehead atoms. The van der Waals surface area contributed by atoms with Crippen LogP contribution >= 0.6 is 15.9 Å². The van der Waals surface area contributed by atoms with Gasteiger partial charge in [0.2, 0.25) is 15.9 Å². The maximum atomic E-state index is 13.9. The predicted octanol–water partition coefficient (Wildman–Crippen LogP) is 5.06. The van der Waals surface area contributed by atoms with Gasteiger partial charge in [0, 0.05) is 17.6 Å². The number of aryl methyl sites for hydroxylation is 1. The number of benzene rings is 4. The number of amides is 2.